The van der Waals surface area contributed by atoms with Gasteiger partial charge in [0, 0.05) is 22.4 Å². The second-order valence-corrected chi connectivity index (χ2v) is 16.1. The number of rotatable bonds is 18. The zero-order valence-corrected chi connectivity index (χ0v) is 31.2. The first-order chi connectivity index (χ1) is 21.8. The monoisotopic (exact) mass is 689 g/mol. The van der Waals surface area contributed by atoms with Crippen LogP contribution in [0.2, 0.25) is 0 Å². The number of ketones is 1. The van der Waals surface area contributed by atoms with Crippen molar-refractivity contribution < 1.29 is 24.0 Å². The summed E-state index contributed by atoms with van der Waals surface area (Å²) in [6.07, 6.45) is 1.42. The van der Waals surface area contributed by atoms with Crippen LogP contribution >= 0.6 is 11.3 Å². The van der Waals surface area contributed by atoms with Gasteiger partial charge in [0.15, 0.2) is 11.0 Å². The van der Waals surface area contributed by atoms with Crippen LogP contribution < -0.4 is 38.5 Å². The molecule has 0 saturated carbocycles. The minimum Gasteiger partial charge on any atom is -0.370 e. The summed E-state index contributed by atoms with van der Waals surface area (Å²) in [7, 11) is 0.256. The van der Waals surface area contributed by atoms with Gasteiger partial charge < -0.3 is 38.5 Å². The molecule has 11 N–H and O–H groups in total. The number of aromatic nitrogens is 1. The number of fused-ring (bicyclic) bond motifs is 1. The minimum absolute atomic E-state index is 0.0586. The number of carbonyl (C=O) groups is 5. The molecule has 0 aliphatic heterocycles. The second kappa shape index (κ2) is 17.3. The van der Waals surface area contributed by atoms with Crippen molar-refractivity contribution in [3.8, 4) is 0 Å². The van der Waals surface area contributed by atoms with E-state index in [2.05, 4.69) is 26.3 Å². The first kappa shape index (κ1) is 39.3. The van der Waals surface area contributed by atoms with Crippen LogP contribution in [0.3, 0.4) is 0 Å². The summed E-state index contributed by atoms with van der Waals surface area (Å²) in [6.45, 7) is 11.7. The highest BCUT2D eigenvalue weighted by atomic mass is 32.1. The predicted molar refractivity (Wildman–Crippen MR) is 188 cm³/mol. The Morgan fingerprint density at radius 1 is 1.02 bits per heavy atom. The molecule has 0 bridgehead atoms. The Hall–Kier alpha value is -3.89. The standard InChI is InChI=1S/C31H51N9O5SSi/c1-15(2)12-19(32)27(44)40-31(47,14-16(3)4)29(45)38-21(8-7-11-36-30(34)35)24(41)28-37-20-10-9-18(13-22(20)46-28)26(43)39-23(17(5)6)25(33)42/h9-10,13,15-17,19,21,23H,7-8,11-12,14,32H2,1-6,47H3,(H2,33,42)(H,38,45)(H,39,43)(H,40,44)(H4,34,35,36)/t19-,21-,23?,31-/m0/s1. The fourth-order valence-corrected chi connectivity index (χ4v) is 7.43. The summed E-state index contributed by atoms with van der Waals surface area (Å²) in [5.74, 6) is -2.63. The molecule has 0 fully saturated rings. The molecule has 0 aliphatic carbocycles. The molecule has 14 nitrogen and oxygen atoms in total. The number of thiazole rings is 1. The molecule has 47 heavy (non-hydrogen) atoms. The molecular formula is C31H51N9O5SSi. The zero-order valence-electron chi connectivity index (χ0n) is 28.4. The van der Waals surface area contributed by atoms with E-state index in [-0.39, 0.29) is 50.9 Å². The maximum atomic E-state index is 13.9. The number of carbonyl (C=O) groups excluding carboxylic acids is 5. The summed E-state index contributed by atoms with van der Waals surface area (Å²) >= 11 is 1.08. The third-order valence-corrected chi connectivity index (χ3v) is 9.65. The van der Waals surface area contributed by atoms with Gasteiger partial charge in [-0.3, -0.25) is 29.4 Å². The van der Waals surface area contributed by atoms with E-state index in [1.54, 1.807) is 32.0 Å². The molecular weight excluding hydrogens is 639 g/mol. The van der Waals surface area contributed by atoms with Gasteiger partial charge in [-0.2, -0.15) is 0 Å². The van der Waals surface area contributed by atoms with E-state index in [0.717, 1.165) is 11.3 Å². The van der Waals surface area contributed by atoms with Gasteiger partial charge in [-0.05, 0) is 61.6 Å². The first-order valence-electron chi connectivity index (χ1n) is 15.9. The van der Waals surface area contributed by atoms with Crippen LogP contribution in [0.15, 0.2) is 18.2 Å². The van der Waals surface area contributed by atoms with Crippen molar-refractivity contribution in [3.05, 3.63) is 28.8 Å². The largest absolute Gasteiger partial charge is 0.370 e. The molecule has 1 aromatic carbocycles. The lowest BCUT2D eigenvalue weighted by atomic mass is 9.98. The van der Waals surface area contributed by atoms with Crippen molar-refractivity contribution in [2.75, 3.05) is 6.54 Å². The highest BCUT2D eigenvalue weighted by Gasteiger charge is 2.39. The van der Waals surface area contributed by atoms with E-state index < -0.39 is 52.7 Å². The number of nitrogens with two attached hydrogens (primary N) is 3. The van der Waals surface area contributed by atoms with Gasteiger partial charge in [-0.1, -0.05) is 41.5 Å². The predicted octanol–water partition coefficient (Wildman–Crippen LogP) is 0.0642. The molecule has 1 aromatic heterocycles. The smallest absolute Gasteiger partial charge is 0.251 e. The number of primary amides is 1. The number of guanidine groups is 1. The minimum atomic E-state index is -1.22. The van der Waals surface area contributed by atoms with Gasteiger partial charge in [0.05, 0.1) is 27.5 Å². The lowest BCUT2D eigenvalue weighted by molar-refractivity contribution is -0.132. The summed E-state index contributed by atoms with van der Waals surface area (Å²) in [6, 6.07) is 2.12. The van der Waals surface area contributed by atoms with Crippen molar-refractivity contribution in [3.63, 3.8) is 0 Å². The van der Waals surface area contributed by atoms with Crippen molar-refractivity contribution in [2.45, 2.75) is 90.5 Å². The van der Waals surface area contributed by atoms with E-state index in [9.17, 15) is 24.0 Å². The summed E-state index contributed by atoms with van der Waals surface area (Å²) in [5, 5.41) is 17.5. The summed E-state index contributed by atoms with van der Waals surface area (Å²) in [5.41, 5.74) is 17.7. The van der Waals surface area contributed by atoms with Crippen molar-refractivity contribution in [1.29, 1.82) is 5.41 Å². The van der Waals surface area contributed by atoms with Crippen molar-refractivity contribution in [1.82, 2.24) is 26.3 Å². The zero-order chi connectivity index (χ0) is 35.6. The SMILES string of the molecule is CC(C)C[C@H](N)C(=O)N[C@]([SiH3])(CC(C)C)C(=O)N[C@@H](CCCNC(=N)N)C(=O)c1nc2ccc(C(=O)NC(C(N)=O)C(C)C)cc2s1. The summed E-state index contributed by atoms with van der Waals surface area (Å²) in [4.78, 5) is 70.0. The fourth-order valence-electron chi connectivity index (χ4n) is 5.22. The van der Waals surface area contributed by atoms with Crippen LogP contribution in [0.4, 0.5) is 0 Å². The number of amides is 4. The van der Waals surface area contributed by atoms with E-state index >= 15 is 0 Å². The maximum Gasteiger partial charge on any atom is 0.251 e. The third kappa shape index (κ3) is 11.7. The second-order valence-electron chi connectivity index (χ2n) is 13.3. The summed E-state index contributed by atoms with van der Waals surface area (Å²) < 4.78 is 0.563. The Morgan fingerprint density at radius 2 is 1.68 bits per heavy atom. The van der Waals surface area contributed by atoms with Crippen LogP contribution in [0, 0.1) is 23.2 Å². The number of benzene rings is 1. The molecule has 4 amide bonds. The average molecular weight is 690 g/mol. The fraction of sp³-hybridized carbons (Fsp3) is 0.581. The van der Waals surface area contributed by atoms with Gasteiger partial charge in [-0.25, -0.2) is 4.98 Å². The average Bonchev–Trinajstić information content (AvgIpc) is 3.39. The lowest BCUT2D eigenvalue weighted by Gasteiger charge is -2.34. The number of hydrogen-bond acceptors (Lipinski definition) is 9. The number of nitrogens with zero attached hydrogens (tertiary/aromatic N) is 1. The van der Waals surface area contributed by atoms with Gasteiger partial charge >= 0.3 is 0 Å². The Labute approximate surface area is 283 Å². The van der Waals surface area contributed by atoms with E-state index in [0.29, 0.717) is 36.0 Å². The van der Waals surface area contributed by atoms with Gasteiger partial charge in [-0.15, -0.1) is 11.3 Å². The highest BCUT2D eigenvalue weighted by Crippen LogP contribution is 2.26. The molecule has 0 saturated heterocycles. The van der Waals surface area contributed by atoms with Crippen LogP contribution in [-0.4, -0.2) is 80.4 Å². The highest BCUT2D eigenvalue weighted by molar-refractivity contribution is 7.20. The Balaban J connectivity index is 2.38. The van der Waals surface area contributed by atoms with Crippen molar-refractivity contribution in [2.24, 2.45) is 35.0 Å². The molecule has 16 heteroatoms. The van der Waals surface area contributed by atoms with Crippen LogP contribution in [0.5, 0.6) is 0 Å². The Kier molecular flexibility index (Phi) is 14.5. The number of hydrogen-bond donors (Lipinski definition) is 8. The molecule has 0 aliphatic rings. The van der Waals surface area contributed by atoms with E-state index in [1.807, 2.05) is 27.7 Å². The molecule has 2 rings (SSSR count). The Bertz CT molecular complexity index is 1460. The van der Waals surface area contributed by atoms with E-state index in [4.69, 9.17) is 22.6 Å². The van der Waals surface area contributed by atoms with Crippen LogP contribution in [0.25, 0.3) is 10.2 Å². The molecule has 2 aromatic rings. The molecule has 260 valence electrons. The topological polar surface area (TPSA) is 248 Å². The molecule has 4 atom stereocenters. The van der Waals surface area contributed by atoms with Crippen LogP contribution in [0.1, 0.15) is 87.4 Å². The number of Topliss-reactive ketones (excluding diaryl/α,β-unsaturated/α-hetero) is 1. The normalized spacial score (nSPS) is 14.8. The first-order valence-corrected chi connectivity index (χ1v) is 17.7. The quantitative estimate of drug-likeness (QED) is 0.0346. The van der Waals surface area contributed by atoms with Gasteiger partial charge in [0.25, 0.3) is 5.91 Å². The molecule has 0 spiro atoms. The van der Waals surface area contributed by atoms with Crippen molar-refractivity contribution >= 4 is 67.2 Å². The van der Waals surface area contributed by atoms with E-state index in [1.165, 1.54) is 0 Å². The molecule has 1 heterocycles. The van der Waals surface area contributed by atoms with Gasteiger partial charge in [0.2, 0.25) is 23.5 Å². The van der Waals surface area contributed by atoms with Crippen LogP contribution in [-0.2, 0) is 14.4 Å². The third-order valence-electron chi connectivity index (χ3n) is 7.51. The maximum absolute atomic E-state index is 13.9. The molecule has 1 unspecified atom stereocenters. The Morgan fingerprint density at radius 3 is 2.23 bits per heavy atom. The lowest BCUT2D eigenvalue weighted by Crippen LogP contribution is -2.64. The number of nitrogens with one attached hydrogen (secondary N) is 5. The molecule has 0 radical (unpaired) electrons. The van der Waals surface area contributed by atoms with Gasteiger partial charge in [0.1, 0.15) is 6.04 Å².